The van der Waals surface area contributed by atoms with Crippen molar-refractivity contribution in [2.45, 2.75) is 32.4 Å². The number of halogens is 12. The van der Waals surface area contributed by atoms with E-state index in [1.807, 2.05) is 49.1 Å². The molecule has 0 saturated carbocycles. The van der Waals surface area contributed by atoms with E-state index in [4.69, 9.17) is 0 Å². The second-order valence-electron chi connectivity index (χ2n) is 9.10. The minimum atomic E-state index is -10.7. The Morgan fingerprint density at radius 3 is 0.884 bits per heavy atom. The maximum atomic E-state index is 9.87. The molecule has 0 aliphatic rings. The molecule has 0 spiro atoms. The van der Waals surface area contributed by atoms with Crippen LogP contribution in [0.2, 0.25) is 0 Å². The Bertz CT molecular complexity index is 1300. The van der Waals surface area contributed by atoms with Crippen molar-refractivity contribution in [1.82, 2.24) is 9.97 Å². The van der Waals surface area contributed by atoms with E-state index in [0.29, 0.717) is 0 Å². The number of aryl methyl sites for hydroxylation is 2. The average Bonchev–Trinajstić information content (AvgIpc) is 2.87. The largest absolute Gasteiger partial charge is 0.265 e. The van der Waals surface area contributed by atoms with E-state index in [2.05, 4.69) is 68.2 Å². The molecule has 0 aliphatic carbocycles. The van der Waals surface area contributed by atoms with Crippen molar-refractivity contribution in [3.63, 3.8) is 0 Å². The molecule has 0 N–H and O–H groups in total. The summed E-state index contributed by atoms with van der Waals surface area (Å²) in [4.78, 5) is 8.15. The predicted molar refractivity (Wildman–Crippen MR) is 141 cm³/mol. The van der Waals surface area contributed by atoms with E-state index < -0.39 is 15.6 Å². The number of pyridine rings is 4. The smallest absolute Gasteiger partial charge is 0.169 e. The molecule has 4 aromatic rings. The van der Waals surface area contributed by atoms with Crippen molar-refractivity contribution in [2.24, 2.45) is 0 Å². The predicted octanol–water partition coefficient (Wildman–Crippen LogP) is 11.0. The zero-order chi connectivity index (χ0) is 32.5. The molecule has 0 radical (unpaired) electrons. The van der Waals surface area contributed by atoms with E-state index in [9.17, 15) is 50.4 Å². The quantitative estimate of drug-likeness (QED) is 0.0808. The third-order valence-corrected chi connectivity index (χ3v) is 5.14. The third kappa shape index (κ3) is 21.9. The van der Waals surface area contributed by atoms with Crippen LogP contribution in [0.25, 0.3) is 22.3 Å². The van der Waals surface area contributed by atoms with Gasteiger partial charge in [-0.2, -0.15) is 0 Å². The van der Waals surface area contributed by atoms with Gasteiger partial charge in [0.05, 0.1) is 0 Å². The molecular weight excluding hydrogens is 646 g/mol. The molecule has 0 amide bonds. The zero-order valence-corrected chi connectivity index (χ0v) is 23.8. The Kier molecular flexibility index (Phi) is 9.96. The molecule has 0 bridgehead atoms. The van der Waals surface area contributed by atoms with Gasteiger partial charge in [0.25, 0.3) is 0 Å². The van der Waals surface area contributed by atoms with Crippen molar-refractivity contribution < 1.29 is 59.5 Å². The fourth-order valence-corrected chi connectivity index (χ4v) is 3.45. The SMILES string of the molecule is F[P-](F)(F)(F)(F)F.F[P-](F)(F)(F)(F)F.c1cc(-c2cc[n+](CCCCC[n+]3ccc(-c4ccncc4)cc3)cc2)ccn1. The molecule has 0 aromatic carbocycles. The van der Waals surface area contributed by atoms with E-state index in [1.54, 1.807) is 0 Å². The van der Waals surface area contributed by atoms with Crippen LogP contribution in [0.15, 0.2) is 98.1 Å². The molecule has 0 atom stereocenters. The number of hydrogen-bond acceptors (Lipinski definition) is 2. The normalized spacial score (nSPS) is 14.8. The van der Waals surface area contributed by atoms with Crippen LogP contribution >= 0.6 is 15.6 Å². The summed E-state index contributed by atoms with van der Waals surface area (Å²) in [7, 11) is -21.3. The molecule has 0 unspecified atom stereocenters. The minimum Gasteiger partial charge on any atom is -0.265 e. The van der Waals surface area contributed by atoms with Crippen molar-refractivity contribution >= 4 is 15.6 Å². The first-order valence-corrected chi connectivity index (χ1v) is 16.3. The first-order chi connectivity index (χ1) is 19.3. The molecule has 43 heavy (non-hydrogen) atoms. The van der Waals surface area contributed by atoms with Crippen molar-refractivity contribution in [2.75, 3.05) is 0 Å². The molecule has 4 aromatic heterocycles. The van der Waals surface area contributed by atoms with Gasteiger partial charge in [0.2, 0.25) is 0 Å². The third-order valence-electron chi connectivity index (χ3n) is 5.14. The molecule has 4 heterocycles. The molecule has 4 rings (SSSR count). The summed E-state index contributed by atoms with van der Waals surface area (Å²) in [6, 6.07) is 16.9. The minimum absolute atomic E-state index is 1.06. The van der Waals surface area contributed by atoms with Crippen molar-refractivity contribution in [3.05, 3.63) is 98.1 Å². The van der Waals surface area contributed by atoms with Crippen molar-refractivity contribution in [3.8, 4) is 22.3 Å². The summed E-state index contributed by atoms with van der Waals surface area (Å²) in [6.07, 6.45) is 19.6. The fraction of sp³-hybridized carbons (Fsp3) is 0.200. The monoisotopic (exact) mass is 672 g/mol. The van der Waals surface area contributed by atoms with Gasteiger partial charge in [-0.25, -0.2) is 9.13 Å². The van der Waals surface area contributed by atoms with E-state index in [1.165, 1.54) is 41.5 Å². The van der Waals surface area contributed by atoms with Crippen LogP contribution in [-0.4, -0.2) is 9.97 Å². The molecule has 0 aliphatic heterocycles. The molecule has 240 valence electrons. The topological polar surface area (TPSA) is 33.5 Å². The Hall–Kier alpha value is -3.38. The van der Waals surface area contributed by atoms with Gasteiger partial charge in [-0.3, -0.25) is 9.97 Å². The Labute approximate surface area is 238 Å². The number of nitrogens with zero attached hydrogens (tertiary/aromatic N) is 4. The van der Waals surface area contributed by atoms with Gasteiger partial charge < -0.3 is 0 Å². The van der Waals surface area contributed by atoms with Crippen molar-refractivity contribution in [1.29, 1.82) is 0 Å². The Morgan fingerprint density at radius 2 is 0.628 bits per heavy atom. The second kappa shape index (κ2) is 12.0. The number of unbranched alkanes of at least 4 members (excludes halogenated alkanes) is 2. The van der Waals surface area contributed by atoms with E-state index in [0.717, 1.165) is 13.1 Å². The summed E-state index contributed by atoms with van der Waals surface area (Å²) in [5, 5.41) is 0. The maximum Gasteiger partial charge on any atom is 0.169 e. The van der Waals surface area contributed by atoms with Crippen LogP contribution in [0.1, 0.15) is 19.3 Å². The molecular formula is C25H26F12N4P2. The first-order valence-electron chi connectivity index (χ1n) is 12.2. The van der Waals surface area contributed by atoms with Gasteiger partial charge in [0, 0.05) is 61.9 Å². The van der Waals surface area contributed by atoms with Crippen LogP contribution in [-0.2, 0) is 13.1 Å². The molecule has 18 heteroatoms. The number of rotatable bonds is 8. The maximum absolute atomic E-state index is 10.7. The van der Waals surface area contributed by atoms with Crippen LogP contribution in [0.3, 0.4) is 0 Å². The summed E-state index contributed by atoms with van der Waals surface area (Å²) in [6.45, 7) is 2.12. The van der Waals surface area contributed by atoms with Gasteiger partial charge in [0.15, 0.2) is 24.8 Å². The summed E-state index contributed by atoms with van der Waals surface area (Å²) in [5.41, 5.74) is 4.88. The summed E-state index contributed by atoms with van der Waals surface area (Å²) < 4.78 is 123. The van der Waals surface area contributed by atoms with Crippen LogP contribution in [0.4, 0.5) is 50.4 Å². The van der Waals surface area contributed by atoms with Crippen LogP contribution in [0, 0.1) is 0 Å². The van der Waals surface area contributed by atoms with Crippen LogP contribution < -0.4 is 9.13 Å². The van der Waals surface area contributed by atoms with E-state index in [-0.39, 0.29) is 0 Å². The summed E-state index contributed by atoms with van der Waals surface area (Å²) in [5.74, 6) is 0. The van der Waals surface area contributed by atoms with Gasteiger partial charge >= 0.3 is 66.0 Å². The van der Waals surface area contributed by atoms with E-state index >= 15 is 0 Å². The molecule has 0 saturated heterocycles. The molecule has 0 fully saturated rings. The van der Waals surface area contributed by atoms with Gasteiger partial charge in [-0.1, -0.05) is 0 Å². The zero-order valence-electron chi connectivity index (χ0n) is 22.0. The fourth-order valence-electron chi connectivity index (χ4n) is 3.45. The van der Waals surface area contributed by atoms with Gasteiger partial charge in [-0.15, -0.1) is 0 Å². The Morgan fingerprint density at radius 1 is 0.395 bits per heavy atom. The Balaban J connectivity index is 0.000000384. The standard InChI is InChI=1S/C25H26N4.2F6P/c1(2-16-28-18-8-24(9-19-28)22-4-12-26-13-5-22)3-17-29-20-10-25(11-21-29)23-6-14-27-15-7-23;2*1-7(2,3,4,5)6/h4-15,18-21H,1-3,16-17H2;;/q+2;2*-1. The first kappa shape index (κ1) is 35.8. The molecule has 4 nitrogen and oxygen atoms in total. The number of aromatic nitrogens is 4. The van der Waals surface area contributed by atoms with Gasteiger partial charge in [-0.05, 0) is 52.9 Å². The summed E-state index contributed by atoms with van der Waals surface area (Å²) >= 11 is 0. The number of hydrogen-bond donors (Lipinski definition) is 0. The second-order valence-corrected chi connectivity index (χ2v) is 12.9. The average molecular weight is 672 g/mol. The van der Waals surface area contributed by atoms with Gasteiger partial charge in [0.1, 0.15) is 13.1 Å². The van der Waals surface area contributed by atoms with Crippen LogP contribution in [0.5, 0.6) is 0 Å².